The number of thioether (sulfide) groups is 1. The van der Waals surface area contributed by atoms with Crippen LogP contribution in [-0.4, -0.2) is 47.1 Å². The van der Waals surface area contributed by atoms with E-state index in [0.29, 0.717) is 5.54 Å². The normalized spacial score (nSPS) is 23.2. The van der Waals surface area contributed by atoms with Gasteiger partial charge in [0.2, 0.25) is 0 Å². The molecule has 0 radical (unpaired) electrons. The maximum absolute atomic E-state index is 3.74. The summed E-state index contributed by atoms with van der Waals surface area (Å²) in [6.45, 7) is 15.2. The zero-order valence-electron chi connectivity index (χ0n) is 13.0. The van der Waals surface area contributed by atoms with Crippen molar-refractivity contribution in [3.8, 4) is 0 Å². The minimum atomic E-state index is 0.270. The molecule has 0 aromatic rings. The third-order valence-corrected chi connectivity index (χ3v) is 5.38. The lowest BCUT2D eigenvalue weighted by Gasteiger charge is -2.52. The Morgan fingerprint density at radius 3 is 2.39 bits per heavy atom. The van der Waals surface area contributed by atoms with Crippen LogP contribution in [0.4, 0.5) is 0 Å². The number of hydrogen-bond acceptors (Lipinski definition) is 3. The maximum Gasteiger partial charge on any atom is 0.0329 e. The highest BCUT2D eigenvalue weighted by atomic mass is 32.2. The van der Waals surface area contributed by atoms with E-state index in [1.54, 1.807) is 0 Å². The van der Waals surface area contributed by atoms with Crippen LogP contribution in [0, 0.1) is 0 Å². The second-order valence-electron chi connectivity index (χ2n) is 6.14. The number of piperazine rings is 1. The summed E-state index contributed by atoms with van der Waals surface area (Å²) in [4.78, 5) is 2.76. The maximum atomic E-state index is 3.74. The molecule has 0 unspecified atom stereocenters. The average Bonchev–Trinajstić information content (AvgIpc) is 2.35. The summed E-state index contributed by atoms with van der Waals surface area (Å²) in [6.07, 6.45) is 3.84. The third-order valence-electron chi connectivity index (χ3n) is 4.39. The first-order valence-corrected chi connectivity index (χ1v) is 8.73. The first-order valence-electron chi connectivity index (χ1n) is 7.57. The largest absolute Gasteiger partial charge is 0.309 e. The van der Waals surface area contributed by atoms with E-state index in [9.17, 15) is 0 Å². The van der Waals surface area contributed by atoms with Crippen LogP contribution in [-0.2, 0) is 0 Å². The zero-order chi connectivity index (χ0) is 13.6. The Bertz CT molecular complexity index is 237. The second kappa shape index (κ2) is 7.16. The van der Waals surface area contributed by atoms with Gasteiger partial charge in [-0.05, 0) is 51.2 Å². The Morgan fingerprint density at radius 1 is 1.17 bits per heavy atom. The molecule has 1 saturated heterocycles. The van der Waals surface area contributed by atoms with E-state index in [1.807, 2.05) is 0 Å². The molecular weight excluding hydrogens is 240 g/mol. The van der Waals surface area contributed by atoms with Gasteiger partial charge in [0.1, 0.15) is 0 Å². The number of nitrogens with zero attached hydrogens (tertiary/aromatic N) is 1. The molecule has 0 atom stereocenters. The summed E-state index contributed by atoms with van der Waals surface area (Å²) in [6, 6.07) is 0. The summed E-state index contributed by atoms with van der Waals surface area (Å²) < 4.78 is 0. The van der Waals surface area contributed by atoms with Gasteiger partial charge in [-0.3, -0.25) is 4.90 Å². The van der Waals surface area contributed by atoms with Gasteiger partial charge in [-0.2, -0.15) is 11.8 Å². The molecule has 0 bridgehead atoms. The van der Waals surface area contributed by atoms with Gasteiger partial charge in [-0.25, -0.2) is 0 Å². The van der Waals surface area contributed by atoms with E-state index >= 15 is 0 Å². The Morgan fingerprint density at radius 2 is 1.83 bits per heavy atom. The van der Waals surface area contributed by atoms with Crippen molar-refractivity contribution in [1.82, 2.24) is 10.2 Å². The molecule has 0 aliphatic carbocycles. The lowest BCUT2D eigenvalue weighted by atomic mass is 9.84. The Kier molecular flexibility index (Phi) is 6.49. The lowest BCUT2D eigenvalue weighted by molar-refractivity contribution is 0.00937. The quantitative estimate of drug-likeness (QED) is 0.715. The number of nitrogens with one attached hydrogen (secondary N) is 1. The molecule has 1 N–H and O–H groups in total. The monoisotopic (exact) mass is 272 g/mol. The molecule has 0 aromatic carbocycles. The zero-order valence-corrected chi connectivity index (χ0v) is 13.8. The van der Waals surface area contributed by atoms with E-state index in [4.69, 9.17) is 0 Å². The molecule has 1 aliphatic rings. The van der Waals surface area contributed by atoms with Crippen molar-refractivity contribution in [2.24, 2.45) is 0 Å². The van der Waals surface area contributed by atoms with Gasteiger partial charge < -0.3 is 5.32 Å². The predicted octanol–water partition coefficient (Wildman–Crippen LogP) is 3.37. The fourth-order valence-electron chi connectivity index (χ4n) is 2.98. The molecule has 3 heteroatoms. The number of hydrogen-bond donors (Lipinski definition) is 1. The smallest absolute Gasteiger partial charge is 0.0329 e. The summed E-state index contributed by atoms with van der Waals surface area (Å²) in [5.74, 6) is 2.56. The fraction of sp³-hybridized carbons (Fsp3) is 1.00. The highest BCUT2D eigenvalue weighted by Crippen LogP contribution is 2.30. The van der Waals surface area contributed by atoms with Crippen LogP contribution >= 0.6 is 11.8 Å². The SMILES string of the molecule is CCSCCCN1CC(C)(C)NCC1(CC)CC. The summed E-state index contributed by atoms with van der Waals surface area (Å²) >= 11 is 2.07. The van der Waals surface area contributed by atoms with Gasteiger partial charge in [0, 0.05) is 24.2 Å². The highest BCUT2D eigenvalue weighted by molar-refractivity contribution is 7.99. The molecule has 1 fully saturated rings. The van der Waals surface area contributed by atoms with E-state index in [-0.39, 0.29) is 5.54 Å². The molecule has 0 aromatic heterocycles. The number of rotatable bonds is 7. The Labute approximate surface area is 118 Å². The van der Waals surface area contributed by atoms with Gasteiger partial charge in [-0.15, -0.1) is 0 Å². The second-order valence-corrected chi connectivity index (χ2v) is 7.53. The fourth-order valence-corrected chi connectivity index (χ4v) is 3.60. The van der Waals surface area contributed by atoms with E-state index in [0.717, 1.165) is 6.54 Å². The molecule has 1 aliphatic heterocycles. The topological polar surface area (TPSA) is 15.3 Å². The van der Waals surface area contributed by atoms with E-state index in [1.165, 1.54) is 43.9 Å². The average molecular weight is 273 g/mol. The summed E-state index contributed by atoms with van der Waals surface area (Å²) in [7, 11) is 0. The molecular formula is C15H32N2S. The standard InChI is InChI=1S/C15H32N2S/c1-6-15(7-2)12-16-14(4,5)13-17(15)10-9-11-18-8-3/h16H,6-13H2,1-5H3. The Hall–Kier alpha value is 0.270. The molecule has 1 rings (SSSR count). The van der Waals surface area contributed by atoms with Crippen LogP contribution in [0.1, 0.15) is 53.9 Å². The van der Waals surface area contributed by atoms with Crippen LogP contribution in [0.2, 0.25) is 0 Å². The van der Waals surface area contributed by atoms with Crippen molar-refractivity contribution in [3.63, 3.8) is 0 Å². The van der Waals surface area contributed by atoms with E-state index in [2.05, 4.69) is 56.6 Å². The van der Waals surface area contributed by atoms with Crippen LogP contribution in [0.15, 0.2) is 0 Å². The van der Waals surface area contributed by atoms with Crippen molar-refractivity contribution >= 4 is 11.8 Å². The molecule has 18 heavy (non-hydrogen) atoms. The lowest BCUT2D eigenvalue weighted by Crippen LogP contribution is -2.68. The van der Waals surface area contributed by atoms with E-state index < -0.39 is 0 Å². The summed E-state index contributed by atoms with van der Waals surface area (Å²) in [5, 5.41) is 3.74. The van der Waals surface area contributed by atoms with Gasteiger partial charge in [0.05, 0.1) is 0 Å². The molecule has 2 nitrogen and oxygen atoms in total. The molecule has 0 amide bonds. The highest BCUT2D eigenvalue weighted by Gasteiger charge is 2.41. The minimum absolute atomic E-state index is 0.270. The van der Waals surface area contributed by atoms with Gasteiger partial charge in [-0.1, -0.05) is 20.8 Å². The first-order chi connectivity index (χ1) is 8.49. The minimum Gasteiger partial charge on any atom is -0.309 e. The van der Waals surface area contributed by atoms with Gasteiger partial charge >= 0.3 is 0 Å². The van der Waals surface area contributed by atoms with Crippen molar-refractivity contribution in [1.29, 1.82) is 0 Å². The van der Waals surface area contributed by atoms with Crippen LogP contribution in [0.3, 0.4) is 0 Å². The Balaban J connectivity index is 2.60. The van der Waals surface area contributed by atoms with Crippen molar-refractivity contribution in [3.05, 3.63) is 0 Å². The van der Waals surface area contributed by atoms with Crippen LogP contribution in [0.25, 0.3) is 0 Å². The third kappa shape index (κ3) is 4.14. The van der Waals surface area contributed by atoms with Crippen molar-refractivity contribution in [2.75, 3.05) is 31.1 Å². The molecule has 1 heterocycles. The van der Waals surface area contributed by atoms with Crippen LogP contribution in [0.5, 0.6) is 0 Å². The summed E-state index contributed by atoms with van der Waals surface area (Å²) in [5.41, 5.74) is 0.665. The molecule has 0 spiro atoms. The molecule has 108 valence electrons. The van der Waals surface area contributed by atoms with Crippen LogP contribution < -0.4 is 5.32 Å². The van der Waals surface area contributed by atoms with Gasteiger partial charge in [0.25, 0.3) is 0 Å². The van der Waals surface area contributed by atoms with Crippen molar-refractivity contribution < 1.29 is 0 Å². The first kappa shape index (κ1) is 16.3. The van der Waals surface area contributed by atoms with Crippen molar-refractivity contribution in [2.45, 2.75) is 65.0 Å². The van der Waals surface area contributed by atoms with Gasteiger partial charge in [0.15, 0.2) is 0 Å². The predicted molar refractivity (Wildman–Crippen MR) is 84.6 cm³/mol. The molecule has 0 saturated carbocycles.